The summed E-state index contributed by atoms with van der Waals surface area (Å²) in [4.78, 5) is 17.6. The van der Waals surface area contributed by atoms with Gasteiger partial charge in [-0.05, 0) is 107 Å². The van der Waals surface area contributed by atoms with Crippen LogP contribution in [0.2, 0.25) is 0 Å². The summed E-state index contributed by atoms with van der Waals surface area (Å²) in [6.07, 6.45) is 1.11. The number of nitrogens with one attached hydrogen (secondary N) is 1. The monoisotopic (exact) mass is 532 g/mol. The van der Waals surface area contributed by atoms with Crippen molar-refractivity contribution in [2.24, 2.45) is 0 Å². The number of hydrogen-bond acceptors (Lipinski definition) is 5. The largest absolute Gasteiger partial charge is 0.490 e. The molecule has 0 spiro atoms. The highest BCUT2D eigenvalue weighted by Gasteiger charge is 2.35. The van der Waals surface area contributed by atoms with Crippen LogP contribution in [0.15, 0.2) is 24.3 Å². The van der Waals surface area contributed by atoms with Crippen LogP contribution in [0.25, 0.3) is 22.3 Å². The van der Waals surface area contributed by atoms with Gasteiger partial charge in [0.2, 0.25) is 0 Å². The molecule has 6 nitrogen and oxygen atoms in total. The number of carbonyl (C=O) groups is 1. The van der Waals surface area contributed by atoms with E-state index < -0.39 is 23.5 Å². The fourth-order valence-corrected chi connectivity index (χ4v) is 5.95. The number of pyridine rings is 1. The van der Waals surface area contributed by atoms with E-state index in [0.717, 1.165) is 53.9 Å². The lowest BCUT2D eigenvalue weighted by Crippen LogP contribution is -2.29. The molecule has 2 aromatic carbocycles. The lowest BCUT2D eigenvalue weighted by atomic mass is 9.82. The molecule has 5 rings (SSSR count). The molecule has 0 bridgehead atoms. The van der Waals surface area contributed by atoms with Gasteiger partial charge in [-0.25, -0.2) is 9.18 Å². The van der Waals surface area contributed by atoms with E-state index >= 15 is 4.39 Å². The molecule has 3 aromatic rings. The molecule has 2 aliphatic heterocycles. The fraction of sp³-hybridized carbons (Fsp3) is 0.438. The van der Waals surface area contributed by atoms with Crippen LogP contribution >= 0.6 is 0 Å². The van der Waals surface area contributed by atoms with Gasteiger partial charge in [0.1, 0.15) is 0 Å². The van der Waals surface area contributed by atoms with E-state index in [1.807, 2.05) is 41.5 Å². The molecule has 3 heterocycles. The molecule has 7 heteroatoms. The number of aromatic nitrogens is 1. The summed E-state index contributed by atoms with van der Waals surface area (Å²) in [7, 11) is 0. The van der Waals surface area contributed by atoms with E-state index in [1.165, 1.54) is 17.2 Å². The standard InChI is InChI=1S/C32H37FN2O4/c1-17-23-8-7-13-38-29(23)25(33)15-24(17)28-26(21-9-10-22-16-34-12-11-20(22)14-21)18(2)35-19(3)27(28)30(31(36)37)39-32(4,5)6/h9-10,14-15,30,34H,7-8,11-13,16H2,1-6H3,(H,36,37). The zero-order chi connectivity index (χ0) is 28.1. The number of aryl methyl sites for hydroxylation is 2. The summed E-state index contributed by atoms with van der Waals surface area (Å²) < 4.78 is 27.5. The van der Waals surface area contributed by atoms with Gasteiger partial charge in [-0.15, -0.1) is 0 Å². The Kier molecular flexibility index (Phi) is 7.25. The number of halogens is 1. The van der Waals surface area contributed by atoms with Gasteiger partial charge in [0.25, 0.3) is 0 Å². The smallest absolute Gasteiger partial charge is 0.337 e. The summed E-state index contributed by atoms with van der Waals surface area (Å²) in [6.45, 7) is 13.4. The third kappa shape index (κ3) is 5.18. The number of rotatable bonds is 5. The molecule has 2 N–H and O–H groups in total. The SMILES string of the molecule is Cc1nc(C)c(C(OC(C)(C)C)C(=O)O)c(-c2cc(F)c3c(c2C)CCCO3)c1-c1ccc2c(c1)CCNC2. The highest BCUT2D eigenvalue weighted by atomic mass is 19.1. The molecule has 0 amide bonds. The van der Waals surface area contributed by atoms with Crippen LogP contribution in [0, 0.1) is 26.6 Å². The number of benzene rings is 2. The second kappa shape index (κ2) is 10.4. The molecule has 0 fully saturated rings. The van der Waals surface area contributed by atoms with Crippen LogP contribution in [0.5, 0.6) is 5.75 Å². The van der Waals surface area contributed by atoms with E-state index in [9.17, 15) is 9.90 Å². The van der Waals surface area contributed by atoms with Crippen molar-refractivity contribution in [3.05, 3.63) is 69.3 Å². The number of aliphatic carboxylic acids is 1. The van der Waals surface area contributed by atoms with Gasteiger partial charge < -0.3 is 19.9 Å². The first kappa shape index (κ1) is 27.3. The molecule has 39 heavy (non-hydrogen) atoms. The lowest BCUT2D eigenvalue weighted by Gasteiger charge is -2.30. The Hall–Kier alpha value is -3.29. The second-order valence-electron chi connectivity index (χ2n) is 11.6. The third-order valence-corrected chi connectivity index (χ3v) is 7.65. The number of nitrogens with zero attached hydrogens (tertiary/aromatic N) is 1. The predicted molar refractivity (Wildman–Crippen MR) is 150 cm³/mol. The van der Waals surface area contributed by atoms with E-state index in [4.69, 9.17) is 14.5 Å². The van der Waals surface area contributed by atoms with Gasteiger partial charge in [0.05, 0.1) is 12.2 Å². The lowest BCUT2D eigenvalue weighted by molar-refractivity contribution is -0.160. The second-order valence-corrected chi connectivity index (χ2v) is 11.6. The van der Waals surface area contributed by atoms with Crippen molar-refractivity contribution in [2.75, 3.05) is 13.2 Å². The maximum atomic E-state index is 15.6. The Bertz CT molecular complexity index is 1460. The molecule has 1 aromatic heterocycles. The van der Waals surface area contributed by atoms with Crippen LogP contribution in [-0.4, -0.2) is 34.8 Å². The van der Waals surface area contributed by atoms with E-state index in [1.54, 1.807) is 0 Å². The number of hydrogen-bond donors (Lipinski definition) is 2. The average molecular weight is 533 g/mol. The van der Waals surface area contributed by atoms with E-state index in [0.29, 0.717) is 41.2 Å². The molecule has 1 unspecified atom stereocenters. The Morgan fingerprint density at radius 3 is 2.59 bits per heavy atom. The van der Waals surface area contributed by atoms with Gasteiger partial charge >= 0.3 is 5.97 Å². The summed E-state index contributed by atoms with van der Waals surface area (Å²) >= 11 is 0. The summed E-state index contributed by atoms with van der Waals surface area (Å²) in [5.41, 5.74) is 8.31. The van der Waals surface area contributed by atoms with Gasteiger partial charge in [0, 0.05) is 34.6 Å². The minimum atomic E-state index is -1.29. The van der Waals surface area contributed by atoms with Crippen LogP contribution in [0.1, 0.15) is 72.5 Å². The average Bonchev–Trinajstić information content (AvgIpc) is 2.88. The van der Waals surface area contributed by atoms with Gasteiger partial charge in [0.15, 0.2) is 17.7 Å². The van der Waals surface area contributed by atoms with Crippen LogP contribution in [0.3, 0.4) is 0 Å². The molecular weight excluding hydrogens is 495 g/mol. The van der Waals surface area contributed by atoms with Gasteiger partial charge in [-0.1, -0.05) is 18.2 Å². The highest BCUT2D eigenvalue weighted by Crippen LogP contribution is 2.46. The molecule has 0 saturated carbocycles. The number of fused-ring (bicyclic) bond motifs is 2. The number of carboxylic acids is 1. The highest BCUT2D eigenvalue weighted by molar-refractivity contribution is 5.92. The number of carboxylic acid groups (broad SMARTS) is 1. The first-order valence-corrected chi connectivity index (χ1v) is 13.7. The maximum absolute atomic E-state index is 15.6. The fourth-order valence-electron chi connectivity index (χ4n) is 5.95. The Labute approximate surface area is 229 Å². The molecule has 1 atom stereocenters. The topological polar surface area (TPSA) is 80.7 Å². The third-order valence-electron chi connectivity index (χ3n) is 7.65. The maximum Gasteiger partial charge on any atom is 0.337 e. The first-order chi connectivity index (χ1) is 18.5. The van der Waals surface area contributed by atoms with Crippen molar-refractivity contribution in [2.45, 2.75) is 79.1 Å². The first-order valence-electron chi connectivity index (χ1n) is 13.7. The van der Waals surface area contributed by atoms with Gasteiger partial charge in [-0.2, -0.15) is 0 Å². The number of ether oxygens (including phenoxy) is 2. The quantitative estimate of drug-likeness (QED) is 0.396. The van der Waals surface area contributed by atoms with Gasteiger partial charge in [-0.3, -0.25) is 4.98 Å². The Morgan fingerprint density at radius 1 is 1.10 bits per heavy atom. The van der Waals surface area contributed by atoms with Crippen LogP contribution in [0.4, 0.5) is 4.39 Å². The van der Waals surface area contributed by atoms with Crippen molar-refractivity contribution in [1.29, 1.82) is 0 Å². The molecule has 0 saturated heterocycles. The minimum Gasteiger partial charge on any atom is -0.490 e. The molecule has 206 valence electrons. The van der Waals surface area contributed by atoms with Crippen molar-refractivity contribution < 1.29 is 23.8 Å². The summed E-state index contributed by atoms with van der Waals surface area (Å²) in [6, 6.07) is 7.86. The van der Waals surface area contributed by atoms with Crippen LogP contribution in [-0.2, 0) is 28.9 Å². The Morgan fingerprint density at radius 2 is 1.87 bits per heavy atom. The van der Waals surface area contributed by atoms with E-state index in [2.05, 4.69) is 23.5 Å². The van der Waals surface area contributed by atoms with Crippen molar-refractivity contribution in [3.8, 4) is 28.0 Å². The zero-order valence-electron chi connectivity index (χ0n) is 23.6. The predicted octanol–water partition coefficient (Wildman–Crippen LogP) is 6.39. The summed E-state index contributed by atoms with van der Waals surface area (Å²) in [5, 5.41) is 13.8. The van der Waals surface area contributed by atoms with E-state index in [-0.39, 0.29) is 0 Å². The minimum absolute atomic E-state index is 0.301. The molecular formula is C32H37FN2O4. The molecule has 0 radical (unpaired) electrons. The van der Waals surface area contributed by atoms with Crippen LogP contribution < -0.4 is 10.1 Å². The molecule has 0 aliphatic carbocycles. The van der Waals surface area contributed by atoms with Crippen molar-refractivity contribution in [1.82, 2.24) is 10.3 Å². The normalized spacial score (nSPS) is 15.8. The Balaban J connectivity index is 1.87. The zero-order valence-corrected chi connectivity index (χ0v) is 23.6. The molecule has 2 aliphatic rings. The van der Waals surface area contributed by atoms with Crippen molar-refractivity contribution >= 4 is 5.97 Å². The summed E-state index contributed by atoms with van der Waals surface area (Å²) in [5.74, 6) is -1.24. The van der Waals surface area contributed by atoms with Crippen molar-refractivity contribution in [3.63, 3.8) is 0 Å².